The number of rotatable bonds is 8. The second-order valence-corrected chi connectivity index (χ2v) is 5.99. The van der Waals surface area contributed by atoms with E-state index in [0.29, 0.717) is 6.54 Å². The van der Waals surface area contributed by atoms with Gasteiger partial charge in [-0.15, -0.1) is 0 Å². The molecule has 0 aromatic heterocycles. The van der Waals surface area contributed by atoms with E-state index >= 15 is 0 Å². The molecule has 20 heavy (non-hydrogen) atoms. The van der Waals surface area contributed by atoms with Crippen molar-refractivity contribution in [3.63, 3.8) is 0 Å². The van der Waals surface area contributed by atoms with Gasteiger partial charge in [0.2, 0.25) is 5.91 Å². The number of hydrogen-bond acceptors (Lipinski definition) is 4. The summed E-state index contributed by atoms with van der Waals surface area (Å²) in [5, 5.41) is 0. The van der Waals surface area contributed by atoms with Gasteiger partial charge in [-0.25, -0.2) is 0 Å². The second kappa shape index (κ2) is 8.25. The molecule has 0 bridgehead atoms. The smallest absolute Gasteiger partial charge is 0.310 e. The first-order valence-corrected chi connectivity index (χ1v) is 7.47. The average Bonchev–Trinajstić information content (AvgIpc) is 2.33. The van der Waals surface area contributed by atoms with Crippen molar-refractivity contribution >= 4 is 11.9 Å². The van der Waals surface area contributed by atoms with Gasteiger partial charge in [0.1, 0.15) is 0 Å². The minimum absolute atomic E-state index is 0.180. The zero-order chi connectivity index (χ0) is 15.1. The van der Waals surface area contributed by atoms with E-state index in [4.69, 9.17) is 4.74 Å². The number of methoxy groups -OCH3 is 1. The van der Waals surface area contributed by atoms with Crippen LogP contribution in [0.1, 0.15) is 32.6 Å². The van der Waals surface area contributed by atoms with Gasteiger partial charge < -0.3 is 14.5 Å². The van der Waals surface area contributed by atoms with Gasteiger partial charge in [-0.1, -0.05) is 13.3 Å². The van der Waals surface area contributed by atoms with Crippen LogP contribution in [0.25, 0.3) is 0 Å². The Morgan fingerprint density at radius 1 is 1.25 bits per heavy atom. The Morgan fingerprint density at radius 3 is 2.35 bits per heavy atom. The summed E-state index contributed by atoms with van der Waals surface area (Å²) in [6.07, 6.45) is 4.07. The summed E-state index contributed by atoms with van der Waals surface area (Å²) in [6.45, 7) is 3.95. The van der Waals surface area contributed by atoms with E-state index in [9.17, 15) is 9.59 Å². The zero-order valence-corrected chi connectivity index (χ0v) is 13.2. The minimum Gasteiger partial charge on any atom is -0.469 e. The maximum Gasteiger partial charge on any atom is 0.310 e. The quantitative estimate of drug-likeness (QED) is 0.632. The van der Waals surface area contributed by atoms with Crippen molar-refractivity contribution in [3.8, 4) is 0 Å². The standard InChI is InChI=1S/C15H28N2O3/c1-12(15(19)20-4)11-17(10-6-9-16(2)3)14(18)13-7-5-8-13/h12-13H,5-11H2,1-4H3. The molecule has 116 valence electrons. The SMILES string of the molecule is COC(=O)C(C)CN(CCCN(C)C)C(=O)C1CCC1. The lowest BCUT2D eigenvalue weighted by molar-refractivity contribution is -0.147. The second-order valence-electron chi connectivity index (χ2n) is 5.99. The molecule has 5 nitrogen and oxygen atoms in total. The highest BCUT2D eigenvalue weighted by atomic mass is 16.5. The molecule has 1 fully saturated rings. The first-order valence-electron chi connectivity index (χ1n) is 7.47. The van der Waals surface area contributed by atoms with Crippen molar-refractivity contribution in [1.29, 1.82) is 0 Å². The normalized spacial score (nSPS) is 16.6. The van der Waals surface area contributed by atoms with E-state index in [1.165, 1.54) is 7.11 Å². The Balaban J connectivity index is 2.53. The summed E-state index contributed by atoms with van der Waals surface area (Å²) in [4.78, 5) is 27.9. The van der Waals surface area contributed by atoms with Gasteiger partial charge in [-0.2, -0.15) is 0 Å². The number of amides is 1. The Morgan fingerprint density at radius 2 is 1.90 bits per heavy atom. The highest BCUT2D eigenvalue weighted by Gasteiger charge is 2.30. The molecule has 0 aliphatic heterocycles. The molecule has 0 aromatic carbocycles. The minimum atomic E-state index is -0.261. The molecule has 1 amide bonds. The Bertz CT molecular complexity index is 327. The third-order valence-corrected chi connectivity index (χ3v) is 3.90. The topological polar surface area (TPSA) is 49.9 Å². The summed E-state index contributed by atoms with van der Waals surface area (Å²) in [6, 6.07) is 0. The van der Waals surface area contributed by atoms with Crippen LogP contribution in [0.5, 0.6) is 0 Å². The van der Waals surface area contributed by atoms with Crippen LogP contribution in [0.3, 0.4) is 0 Å². The molecule has 1 aliphatic carbocycles. The van der Waals surface area contributed by atoms with Crippen molar-refractivity contribution in [3.05, 3.63) is 0 Å². The molecule has 0 saturated heterocycles. The lowest BCUT2D eigenvalue weighted by Gasteiger charge is -2.33. The summed E-state index contributed by atoms with van der Waals surface area (Å²) in [5.41, 5.74) is 0. The number of carbonyl (C=O) groups excluding carboxylic acids is 2. The summed E-state index contributed by atoms with van der Waals surface area (Å²) in [7, 11) is 5.44. The van der Waals surface area contributed by atoms with E-state index in [-0.39, 0.29) is 23.7 Å². The van der Waals surface area contributed by atoms with Crippen molar-refractivity contribution in [1.82, 2.24) is 9.80 Å². The van der Waals surface area contributed by atoms with Gasteiger partial charge in [0.15, 0.2) is 0 Å². The molecular weight excluding hydrogens is 256 g/mol. The van der Waals surface area contributed by atoms with E-state index < -0.39 is 0 Å². The predicted molar refractivity (Wildman–Crippen MR) is 78.3 cm³/mol. The van der Waals surface area contributed by atoms with Gasteiger partial charge in [-0.3, -0.25) is 9.59 Å². The van der Waals surface area contributed by atoms with Crippen LogP contribution in [-0.4, -0.2) is 62.5 Å². The average molecular weight is 284 g/mol. The number of hydrogen-bond donors (Lipinski definition) is 0. The monoisotopic (exact) mass is 284 g/mol. The lowest BCUT2D eigenvalue weighted by Crippen LogP contribution is -2.43. The molecule has 1 unspecified atom stereocenters. The first kappa shape index (κ1) is 17.0. The number of esters is 1. The van der Waals surface area contributed by atoms with Gasteiger partial charge in [0, 0.05) is 19.0 Å². The third-order valence-electron chi connectivity index (χ3n) is 3.90. The Kier molecular flexibility index (Phi) is 6.99. The van der Waals surface area contributed by atoms with Gasteiger partial charge in [-0.05, 0) is 39.9 Å². The maximum atomic E-state index is 12.4. The molecule has 0 spiro atoms. The lowest BCUT2D eigenvalue weighted by atomic mass is 9.84. The van der Waals surface area contributed by atoms with E-state index in [0.717, 1.165) is 38.8 Å². The maximum absolute atomic E-state index is 12.4. The summed E-state index contributed by atoms with van der Waals surface area (Å²) in [5.74, 6) is -0.114. The fraction of sp³-hybridized carbons (Fsp3) is 0.867. The van der Waals surface area contributed by atoms with Gasteiger partial charge in [0.25, 0.3) is 0 Å². The molecule has 0 radical (unpaired) electrons. The van der Waals surface area contributed by atoms with Crippen LogP contribution in [0.4, 0.5) is 0 Å². The molecule has 5 heteroatoms. The summed E-state index contributed by atoms with van der Waals surface area (Å²) >= 11 is 0. The third kappa shape index (κ3) is 5.12. The summed E-state index contributed by atoms with van der Waals surface area (Å²) < 4.78 is 4.75. The van der Waals surface area contributed by atoms with Crippen molar-refractivity contribution < 1.29 is 14.3 Å². The largest absolute Gasteiger partial charge is 0.469 e. The first-order chi connectivity index (χ1) is 9.45. The number of carbonyl (C=O) groups is 2. The molecule has 0 aromatic rings. The highest BCUT2D eigenvalue weighted by Crippen LogP contribution is 2.28. The number of ether oxygens (including phenoxy) is 1. The van der Waals surface area contributed by atoms with Crippen LogP contribution < -0.4 is 0 Å². The fourth-order valence-corrected chi connectivity index (χ4v) is 2.39. The predicted octanol–water partition coefficient (Wildman–Crippen LogP) is 1.38. The van der Waals surface area contributed by atoms with Crippen molar-refractivity contribution in [2.45, 2.75) is 32.6 Å². The molecule has 1 rings (SSSR count). The highest BCUT2D eigenvalue weighted by molar-refractivity contribution is 5.80. The van der Waals surface area contributed by atoms with E-state index in [1.807, 2.05) is 25.9 Å². The van der Waals surface area contributed by atoms with Gasteiger partial charge >= 0.3 is 5.97 Å². The fourth-order valence-electron chi connectivity index (χ4n) is 2.39. The van der Waals surface area contributed by atoms with Crippen LogP contribution in [0, 0.1) is 11.8 Å². The number of nitrogens with zero attached hydrogens (tertiary/aromatic N) is 2. The van der Waals surface area contributed by atoms with E-state index in [1.54, 1.807) is 0 Å². The zero-order valence-electron chi connectivity index (χ0n) is 13.2. The van der Waals surface area contributed by atoms with Gasteiger partial charge in [0.05, 0.1) is 13.0 Å². The Hall–Kier alpha value is -1.10. The van der Waals surface area contributed by atoms with Crippen molar-refractivity contribution in [2.24, 2.45) is 11.8 Å². The van der Waals surface area contributed by atoms with Crippen molar-refractivity contribution in [2.75, 3.05) is 40.8 Å². The molecular formula is C15H28N2O3. The van der Waals surface area contributed by atoms with E-state index in [2.05, 4.69) is 4.90 Å². The van der Waals surface area contributed by atoms with Crippen LogP contribution in [0.15, 0.2) is 0 Å². The van der Waals surface area contributed by atoms with Crippen LogP contribution >= 0.6 is 0 Å². The molecule has 0 heterocycles. The van der Waals surface area contributed by atoms with Crippen LogP contribution in [-0.2, 0) is 14.3 Å². The van der Waals surface area contributed by atoms with Crippen LogP contribution in [0.2, 0.25) is 0 Å². The molecule has 1 saturated carbocycles. The Labute approximate surface area is 122 Å². The molecule has 1 atom stereocenters. The molecule has 1 aliphatic rings. The molecule has 0 N–H and O–H groups in total.